The Bertz CT molecular complexity index is 1020. The Kier molecular flexibility index (Phi) is 6.43. The Balaban J connectivity index is 1.48. The van der Waals surface area contributed by atoms with Gasteiger partial charge in [-0.2, -0.15) is 5.10 Å². The molecule has 3 aromatic rings. The van der Waals surface area contributed by atoms with Crippen molar-refractivity contribution in [3.8, 4) is 0 Å². The third-order valence-electron chi connectivity index (χ3n) is 6.00. The number of nitrogens with zero attached hydrogens (tertiary/aromatic N) is 5. The molecule has 1 fully saturated rings. The Hall–Kier alpha value is -2.98. The zero-order valence-corrected chi connectivity index (χ0v) is 17.6. The second-order valence-electron chi connectivity index (χ2n) is 8.13. The standard InChI is InChI=1S/C22H25F3N6O/c1-15(29-18-6-8-30(9-7-18)21-5-3-17(24)11-27-21)22(32,12-31-14-26-13-28-31)19-4-2-16(23)10-20(19)25/h2-5,10-11,13-15,18,29,32H,6-9,12H2,1H3/t15-,22-/m1/s1. The minimum atomic E-state index is -1.69. The van der Waals surface area contributed by atoms with Crippen LogP contribution in [0.2, 0.25) is 0 Å². The predicted molar refractivity (Wildman–Crippen MR) is 112 cm³/mol. The lowest BCUT2D eigenvalue weighted by atomic mass is 9.85. The zero-order valence-electron chi connectivity index (χ0n) is 17.6. The molecule has 0 saturated carbocycles. The Morgan fingerprint density at radius 2 is 1.91 bits per heavy atom. The first kappa shape index (κ1) is 22.2. The van der Waals surface area contributed by atoms with Gasteiger partial charge in [0.1, 0.15) is 41.5 Å². The summed E-state index contributed by atoms with van der Waals surface area (Å²) in [6.45, 7) is 3.13. The molecule has 2 aromatic heterocycles. The molecule has 0 amide bonds. The van der Waals surface area contributed by atoms with Gasteiger partial charge in [0, 0.05) is 36.8 Å². The van der Waals surface area contributed by atoms with Crippen LogP contribution < -0.4 is 10.2 Å². The molecule has 1 aliphatic rings. The zero-order chi connectivity index (χ0) is 22.7. The van der Waals surface area contributed by atoms with Crippen molar-refractivity contribution in [3.05, 3.63) is 72.2 Å². The Morgan fingerprint density at radius 3 is 2.53 bits per heavy atom. The van der Waals surface area contributed by atoms with Crippen molar-refractivity contribution in [1.82, 2.24) is 25.1 Å². The normalized spacial score (nSPS) is 17.8. The summed E-state index contributed by atoms with van der Waals surface area (Å²) in [6, 6.07) is 5.69. The van der Waals surface area contributed by atoms with Crippen LogP contribution in [-0.2, 0) is 12.1 Å². The van der Waals surface area contributed by atoms with Gasteiger partial charge >= 0.3 is 0 Å². The van der Waals surface area contributed by atoms with Crippen molar-refractivity contribution in [2.24, 2.45) is 0 Å². The van der Waals surface area contributed by atoms with Crippen LogP contribution in [0.5, 0.6) is 0 Å². The highest BCUT2D eigenvalue weighted by molar-refractivity contribution is 5.38. The molecule has 0 bridgehead atoms. The number of halogens is 3. The van der Waals surface area contributed by atoms with Crippen LogP contribution in [0.15, 0.2) is 49.2 Å². The molecule has 32 heavy (non-hydrogen) atoms. The highest BCUT2D eigenvalue weighted by Crippen LogP contribution is 2.31. The van der Waals surface area contributed by atoms with Gasteiger partial charge in [0.25, 0.3) is 0 Å². The average molecular weight is 446 g/mol. The van der Waals surface area contributed by atoms with E-state index in [1.807, 2.05) is 0 Å². The van der Waals surface area contributed by atoms with E-state index in [4.69, 9.17) is 0 Å². The number of aliphatic hydroxyl groups is 1. The number of hydrogen-bond acceptors (Lipinski definition) is 6. The van der Waals surface area contributed by atoms with Crippen LogP contribution in [0.3, 0.4) is 0 Å². The Morgan fingerprint density at radius 1 is 1.16 bits per heavy atom. The van der Waals surface area contributed by atoms with Crippen molar-refractivity contribution in [1.29, 1.82) is 0 Å². The molecule has 10 heteroatoms. The van der Waals surface area contributed by atoms with Crippen molar-refractivity contribution < 1.29 is 18.3 Å². The third-order valence-corrected chi connectivity index (χ3v) is 6.00. The van der Waals surface area contributed by atoms with E-state index >= 15 is 0 Å². The number of hydrogen-bond donors (Lipinski definition) is 2. The van der Waals surface area contributed by atoms with Crippen LogP contribution in [-0.4, -0.2) is 50.0 Å². The molecule has 1 aromatic carbocycles. The van der Waals surface area contributed by atoms with Gasteiger partial charge in [0.2, 0.25) is 0 Å². The maximum Gasteiger partial charge on any atom is 0.141 e. The van der Waals surface area contributed by atoms with E-state index < -0.39 is 23.3 Å². The second-order valence-corrected chi connectivity index (χ2v) is 8.13. The van der Waals surface area contributed by atoms with E-state index in [0.29, 0.717) is 18.9 Å². The molecular weight excluding hydrogens is 421 g/mol. The summed E-state index contributed by atoms with van der Waals surface area (Å²) in [5, 5.41) is 19.1. The summed E-state index contributed by atoms with van der Waals surface area (Å²) in [7, 11) is 0. The number of piperidine rings is 1. The molecule has 2 N–H and O–H groups in total. The minimum Gasteiger partial charge on any atom is -0.381 e. The first-order valence-electron chi connectivity index (χ1n) is 10.5. The highest BCUT2D eigenvalue weighted by atomic mass is 19.1. The van der Waals surface area contributed by atoms with E-state index in [1.165, 1.54) is 35.7 Å². The monoisotopic (exact) mass is 446 g/mol. The van der Waals surface area contributed by atoms with E-state index in [2.05, 4.69) is 25.3 Å². The van der Waals surface area contributed by atoms with Crippen LogP contribution in [0.25, 0.3) is 0 Å². The fourth-order valence-corrected chi connectivity index (χ4v) is 4.18. The predicted octanol–water partition coefficient (Wildman–Crippen LogP) is 2.63. The van der Waals surface area contributed by atoms with Gasteiger partial charge in [-0.15, -0.1) is 0 Å². The quantitative estimate of drug-likeness (QED) is 0.581. The number of rotatable bonds is 7. The van der Waals surface area contributed by atoms with Gasteiger partial charge in [0.15, 0.2) is 0 Å². The van der Waals surface area contributed by atoms with Crippen LogP contribution in [0.1, 0.15) is 25.3 Å². The van der Waals surface area contributed by atoms with Gasteiger partial charge in [-0.25, -0.2) is 27.8 Å². The molecule has 1 aliphatic heterocycles. The van der Waals surface area contributed by atoms with Gasteiger partial charge in [-0.3, -0.25) is 0 Å². The lowest BCUT2D eigenvalue weighted by molar-refractivity contribution is -0.0242. The summed E-state index contributed by atoms with van der Waals surface area (Å²) >= 11 is 0. The molecule has 0 spiro atoms. The molecule has 2 atom stereocenters. The maximum atomic E-state index is 14.7. The minimum absolute atomic E-state index is 0.0117. The number of aromatic nitrogens is 4. The van der Waals surface area contributed by atoms with Crippen molar-refractivity contribution in [2.45, 2.75) is 44.0 Å². The summed E-state index contributed by atoms with van der Waals surface area (Å²) in [4.78, 5) is 10.1. The van der Waals surface area contributed by atoms with Gasteiger partial charge in [0.05, 0.1) is 12.7 Å². The summed E-state index contributed by atoms with van der Waals surface area (Å²) in [5.74, 6) is -1.19. The molecule has 7 nitrogen and oxygen atoms in total. The maximum absolute atomic E-state index is 14.7. The fourth-order valence-electron chi connectivity index (χ4n) is 4.18. The van der Waals surface area contributed by atoms with Gasteiger partial charge < -0.3 is 15.3 Å². The second kappa shape index (κ2) is 9.25. The lowest BCUT2D eigenvalue weighted by Crippen LogP contribution is -2.55. The largest absolute Gasteiger partial charge is 0.381 e. The number of pyridine rings is 1. The molecule has 0 radical (unpaired) electrons. The molecule has 3 heterocycles. The summed E-state index contributed by atoms with van der Waals surface area (Å²) in [5.41, 5.74) is -1.71. The van der Waals surface area contributed by atoms with Crippen LogP contribution >= 0.6 is 0 Å². The fraction of sp³-hybridized carbons (Fsp3) is 0.409. The Labute approximate surface area is 183 Å². The molecular formula is C22H25F3N6O. The van der Waals surface area contributed by atoms with Crippen LogP contribution in [0, 0.1) is 17.5 Å². The molecule has 170 valence electrons. The van der Waals surface area contributed by atoms with Crippen LogP contribution in [0.4, 0.5) is 19.0 Å². The van der Waals surface area contributed by atoms with Gasteiger partial charge in [-0.1, -0.05) is 6.07 Å². The van der Waals surface area contributed by atoms with E-state index in [1.54, 1.807) is 13.0 Å². The van der Waals surface area contributed by atoms with Crippen molar-refractivity contribution >= 4 is 5.82 Å². The molecule has 0 unspecified atom stereocenters. The van der Waals surface area contributed by atoms with E-state index in [9.17, 15) is 18.3 Å². The molecule has 0 aliphatic carbocycles. The summed E-state index contributed by atoms with van der Waals surface area (Å²) in [6.07, 6.45) is 5.48. The first-order chi connectivity index (χ1) is 15.3. The number of nitrogens with one attached hydrogen (secondary N) is 1. The lowest BCUT2D eigenvalue weighted by Gasteiger charge is -2.40. The molecule has 4 rings (SSSR count). The smallest absolute Gasteiger partial charge is 0.141 e. The van der Waals surface area contributed by atoms with Crippen molar-refractivity contribution in [3.63, 3.8) is 0 Å². The number of anilines is 1. The SMILES string of the molecule is C[C@@H](NC1CCN(c2ccc(F)cn2)CC1)[C@](O)(Cn1cncn1)c1ccc(F)cc1F. The first-order valence-corrected chi connectivity index (χ1v) is 10.5. The summed E-state index contributed by atoms with van der Waals surface area (Å²) < 4.78 is 42.7. The number of benzene rings is 1. The molecule has 1 saturated heterocycles. The topological polar surface area (TPSA) is 79.1 Å². The van der Waals surface area contributed by atoms with E-state index in [0.717, 1.165) is 25.0 Å². The van der Waals surface area contributed by atoms with Crippen molar-refractivity contribution in [2.75, 3.05) is 18.0 Å². The van der Waals surface area contributed by atoms with E-state index in [-0.39, 0.29) is 24.0 Å². The van der Waals surface area contributed by atoms with Gasteiger partial charge in [-0.05, 0) is 38.0 Å². The highest BCUT2D eigenvalue weighted by Gasteiger charge is 2.40. The average Bonchev–Trinajstić information content (AvgIpc) is 3.27. The third kappa shape index (κ3) is 4.76.